The standard InChI is InChI=1S/C17H29N3O4/c1-16(2,3)15(22)19-11-17(12-19)10-18(14(21)9-23-4)7-13-8-24-6-5-20(13)17/h13H,5-12H2,1-4H3. The summed E-state index contributed by atoms with van der Waals surface area (Å²) in [6, 6.07) is 0.209. The van der Waals surface area contributed by atoms with Gasteiger partial charge >= 0.3 is 0 Å². The third-order valence-electron chi connectivity index (χ3n) is 5.27. The van der Waals surface area contributed by atoms with E-state index in [-0.39, 0.29) is 35.4 Å². The predicted molar refractivity (Wildman–Crippen MR) is 88.5 cm³/mol. The molecule has 3 heterocycles. The van der Waals surface area contributed by atoms with Gasteiger partial charge in [0.05, 0.1) is 24.8 Å². The molecule has 0 aliphatic carbocycles. The Morgan fingerprint density at radius 2 is 1.88 bits per heavy atom. The fraction of sp³-hybridized carbons (Fsp3) is 0.882. The van der Waals surface area contributed by atoms with Crippen LogP contribution in [-0.2, 0) is 19.1 Å². The second-order valence-electron chi connectivity index (χ2n) is 8.26. The minimum atomic E-state index is -0.369. The molecule has 1 unspecified atom stereocenters. The summed E-state index contributed by atoms with van der Waals surface area (Å²) in [6.07, 6.45) is 0. The molecule has 0 bridgehead atoms. The Hall–Kier alpha value is -1.18. The molecular weight excluding hydrogens is 310 g/mol. The summed E-state index contributed by atoms with van der Waals surface area (Å²) >= 11 is 0. The molecule has 2 amide bonds. The van der Waals surface area contributed by atoms with Crippen LogP contribution in [0.3, 0.4) is 0 Å². The highest BCUT2D eigenvalue weighted by atomic mass is 16.5. The van der Waals surface area contributed by atoms with Crippen LogP contribution in [0.1, 0.15) is 20.8 Å². The Kier molecular flexibility index (Phi) is 4.61. The molecule has 0 saturated carbocycles. The quantitative estimate of drug-likeness (QED) is 0.697. The number of fused-ring (bicyclic) bond motifs is 2. The second kappa shape index (κ2) is 6.28. The van der Waals surface area contributed by atoms with Crippen LogP contribution in [-0.4, -0.2) is 97.7 Å². The van der Waals surface area contributed by atoms with Crippen molar-refractivity contribution >= 4 is 11.8 Å². The molecule has 1 atom stereocenters. The molecule has 24 heavy (non-hydrogen) atoms. The van der Waals surface area contributed by atoms with E-state index in [9.17, 15) is 9.59 Å². The van der Waals surface area contributed by atoms with Crippen molar-refractivity contribution in [3.63, 3.8) is 0 Å². The number of piperazine rings is 1. The molecule has 3 fully saturated rings. The van der Waals surface area contributed by atoms with Crippen LogP contribution in [0.4, 0.5) is 0 Å². The summed E-state index contributed by atoms with van der Waals surface area (Å²) < 4.78 is 10.6. The number of methoxy groups -OCH3 is 1. The number of likely N-dealkylation sites (tertiary alicyclic amines) is 1. The maximum Gasteiger partial charge on any atom is 0.248 e. The molecule has 136 valence electrons. The smallest absolute Gasteiger partial charge is 0.248 e. The first-order chi connectivity index (χ1) is 11.3. The average molecular weight is 339 g/mol. The first-order valence-corrected chi connectivity index (χ1v) is 8.67. The highest BCUT2D eigenvalue weighted by Gasteiger charge is 2.56. The summed E-state index contributed by atoms with van der Waals surface area (Å²) in [4.78, 5) is 31.2. The molecule has 7 nitrogen and oxygen atoms in total. The largest absolute Gasteiger partial charge is 0.378 e. The first kappa shape index (κ1) is 17.6. The van der Waals surface area contributed by atoms with Crippen molar-refractivity contribution in [3.05, 3.63) is 0 Å². The van der Waals surface area contributed by atoms with Crippen LogP contribution in [0.25, 0.3) is 0 Å². The molecule has 3 saturated heterocycles. The Morgan fingerprint density at radius 1 is 1.21 bits per heavy atom. The van der Waals surface area contributed by atoms with Crippen LogP contribution in [0.5, 0.6) is 0 Å². The van der Waals surface area contributed by atoms with Crippen LogP contribution >= 0.6 is 0 Å². The van der Waals surface area contributed by atoms with E-state index >= 15 is 0 Å². The zero-order chi connectivity index (χ0) is 17.5. The van der Waals surface area contributed by atoms with Gasteiger partial charge < -0.3 is 19.3 Å². The van der Waals surface area contributed by atoms with Crippen LogP contribution in [0.2, 0.25) is 0 Å². The number of morpholine rings is 1. The lowest BCUT2D eigenvalue weighted by atomic mass is 9.80. The van der Waals surface area contributed by atoms with Crippen LogP contribution in [0, 0.1) is 5.41 Å². The monoisotopic (exact) mass is 339 g/mol. The minimum Gasteiger partial charge on any atom is -0.378 e. The summed E-state index contributed by atoms with van der Waals surface area (Å²) in [5.74, 6) is 0.195. The lowest BCUT2D eigenvalue weighted by Crippen LogP contribution is -2.82. The Balaban J connectivity index is 1.75. The van der Waals surface area contributed by atoms with Gasteiger partial charge in [0.2, 0.25) is 11.8 Å². The zero-order valence-electron chi connectivity index (χ0n) is 15.2. The summed E-state index contributed by atoms with van der Waals surface area (Å²) in [6.45, 7) is 10.9. The van der Waals surface area contributed by atoms with Crippen molar-refractivity contribution < 1.29 is 19.1 Å². The van der Waals surface area contributed by atoms with Crippen LogP contribution < -0.4 is 0 Å². The number of carbonyl (C=O) groups is 2. The van der Waals surface area contributed by atoms with Crippen molar-refractivity contribution in [1.29, 1.82) is 0 Å². The molecule has 0 aromatic rings. The van der Waals surface area contributed by atoms with E-state index in [0.29, 0.717) is 32.8 Å². The van der Waals surface area contributed by atoms with E-state index in [2.05, 4.69) is 4.90 Å². The van der Waals surface area contributed by atoms with Crippen molar-refractivity contribution in [2.45, 2.75) is 32.4 Å². The number of rotatable bonds is 2. The van der Waals surface area contributed by atoms with E-state index in [1.165, 1.54) is 0 Å². The third-order valence-corrected chi connectivity index (χ3v) is 5.27. The first-order valence-electron chi connectivity index (χ1n) is 8.67. The van der Waals surface area contributed by atoms with Gasteiger partial charge in [0.1, 0.15) is 6.61 Å². The van der Waals surface area contributed by atoms with Gasteiger partial charge in [-0.15, -0.1) is 0 Å². The van der Waals surface area contributed by atoms with Gasteiger partial charge in [-0.25, -0.2) is 0 Å². The van der Waals surface area contributed by atoms with Gasteiger partial charge in [-0.3, -0.25) is 14.5 Å². The molecule has 0 aromatic heterocycles. The summed E-state index contributed by atoms with van der Waals surface area (Å²) in [7, 11) is 1.54. The van der Waals surface area contributed by atoms with E-state index in [1.54, 1.807) is 7.11 Å². The Morgan fingerprint density at radius 3 is 2.50 bits per heavy atom. The second-order valence-corrected chi connectivity index (χ2v) is 8.26. The van der Waals surface area contributed by atoms with E-state index in [1.807, 2.05) is 30.6 Å². The molecule has 1 spiro atoms. The normalized spacial score (nSPS) is 26.9. The Labute approximate surface area is 143 Å². The van der Waals surface area contributed by atoms with Gasteiger partial charge in [-0.1, -0.05) is 20.8 Å². The highest BCUT2D eigenvalue weighted by molar-refractivity contribution is 5.83. The van der Waals surface area contributed by atoms with Crippen molar-refractivity contribution in [3.8, 4) is 0 Å². The highest BCUT2D eigenvalue weighted by Crippen LogP contribution is 2.37. The summed E-state index contributed by atoms with van der Waals surface area (Å²) in [5.41, 5.74) is -0.497. The van der Waals surface area contributed by atoms with Gasteiger partial charge in [0.25, 0.3) is 0 Å². The number of amides is 2. The lowest BCUT2D eigenvalue weighted by molar-refractivity contribution is -0.186. The molecule has 0 radical (unpaired) electrons. The fourth-order valence-corrected chi connectivity index (χ4v) is 4.16. The Bertz CT molecular complexity index is 510. The van der Waals surface area contributed by atoms with Gasteiger partial charge in [0.15, 0.2) is 0 Å². The van der Waals surface area contributed by atoms with Gasteiger partial charge in [0, 0.05) is 45.2 Å². The average Bonchev–Trinajstić information content (AvgIpc) is 2.50. The molecular formula is C17H29N3O4. The number of carbonyl (C=O) groups excluding carboxylic acids is 2. The van der Waals surface area contributed by atoms with Gasteiger partial charge in [-0.05, 0) is 0 Å². The molecule has 0 N–H and O–H groups in total. The number of nitrogens with zero attached hydrogens (tertiary/aromatic N) is 3. The topological polar surface area (TPSA) is 62.3 Å². The van der Waals surface area contributed by atoms with E-state index < -0.39 is 0 Å². The van der Waals surface area contributed by atoms with Crippen molar-refractivity contribution in [2.75, 3.05) is 59.7 Å². The van der Waals surface area contributed by atoms with Crippen LogP contribution in [0.15, 0.2) is 0 Å². The molecule has 0 aromatic carbocycles. The predicted octanol–water partition coefficient (Wildman–Crippen LogP) is -0.197. The van der Waals surface area contributed by atoms with Gasteiger partial charge in [-0.2, -0.15) is 0 Å². The molecule has 7 heteroatoms. The lowest BCUT2D eigenvalue weighted by Gasteiger charge is -2.63. The van der Waals surface area contributed by atoms with E-state index in [4.69, 9.17) is 9.47 Å². The number of ether oxygens (including phenoxy) is 2. The zero-order valence-corrected chi connectivity index (χ0v) is 15.2. The maximum atomic E-state index is 12.5. The number of hydrogen-bond donors (Lipinski definition) is 0. The molecule has 3 aliphatic rings. The third kappa shape index (κ3) is 3.05. The SMILES string of the molecule is COCC(=O)N1CC2COCCN2C2(C1)CN(C(=O)C(C)(C)C)C2. The number of hydrogen-bond acceptors (Lipinski definition) is 5. The maximum absolute atomic E-state index is 12.5. The van der Waals surface area contributed by atoms with E-state index in [0.717, 1.165) is 13.2 Å². The molecule has 3 rings (SSSR count). The van der Waals surface area contributed by atoms with Crippen molar-refractivity contribution in [2.24, 2.45) is 5.41 Å². The minimum absolute atomic E-state index is 0.0164. The summed E-state index contributed by atoms with van der Waals surface area (Å²) in [5, 5.41) is 0. The fourth-order valence-electron chi connectivity index (χ4n) is 4.16. The molecule has 3 aliphatic heterocycles. The van der Waals surface area contributed by atoms with Crippen molar-refractivity contribution in [1.82, 2.24) is 14.7 Å².